The average molecular weight is 578 g/mol. The highest BCUT2D eigenvalue weighted by Gasteiger charge is 2.43. The number of hydrazone groups is 1. The van der Waals surface area contributed by atoms with Crippen LogP contribution in [0.2, 0.25) is 0 Å². The fourth-order valence-electron chi connectivity index (χ4n) is 3.41. The van der Waals surface area contributed by atoms with Gasteiger partial charge in [-0.2, -0.15) is 5.10 Å². The number of hydrogen-bond donors (Lipinski definition) is 0. The Labute approximate surface area is 235 Å². The van der Waals surface area contributed by atoms with Crippen LogP contribution in [0.15, 0.2) is 40.8 Å². The molecule has 216 valence electrons. The van der Waals surface area contributed by atoms with Gasteiger partial charge in [0, 0.05) is 52.6 Å². The van der Waals surface area contributed by atoms with Crippen molar-refractivity contribution in [3.05, 3.63) is 35.7 Å². The molecule has 0 saturated carbocycles. The number of carbonyl (C=O) groups is 5. The van der Waals surface area contributed by atoms with E-state index in [1.54, 1.807) is 7.05 Å². The van der Waals surface area contributed by atoms with E-state index in [-0.39, 0.29) is 0 Å². The van der Waals surface area contributed by atoms with Crippen molar-refractivity contribution in [3.63, 3.8) is 0 Å². The van der Waals surface area contributed by atoms with Crippen LogP contribution in [0.5, 0.6) is 0 Å². The van der Waals surface area contributed by atoms with E-state index in [2.05, 4.69) is 10.1 Å². The zero-order chi connectivity index (χ0) is 29.8. The highest BCUT2D eigenvalue weighted by atomic mass is 32.1. The molecular weight excluding hydrogens is 546 g/mol. The first-order chi connectivity index (χ1) is 18.9. The highest BCUT2D eigenvalue weighted by molar-refractivity contribution is 7.14. The van der Waals surface area contributed by atoms with Crippen LogP contribution in [-0.2, 0) is 47.7 Å². The molecule has 0 bridgehead atoms. The van der Waals surface area contributed by atoms with E-state index in [0.29, 0.717) is 5.13 Å². The van der Waals surface area contributed by atoms with E-state index >= 15 is 0 Å². The van der Waals surface area contributed by atoms with E-state index < -0.39 is 60.9 Å². The summed E-state index contributed by atoms with van der Waals surface area (Å²) in [5, 5.41) is 8.03. The van der Waals surface area contributed by atoms with Gasteiger partial charge in [-0.3, -0.25) is 24.0 Å². The fourth-order valence-corrected chi connectivity index (χ4v) is 4.17. The Morgan fingerprint density at radius 3 is 1.98 bits per heavy atom. The second-order valence-electron chi connectivity index (χ2n) is 8.34. The second kappa shape index (κ2) is 15.3. The highest BCUT2D eigenvalue weighted by Crippen LogP contribution is 2.27. The molecule has 1 aromatic heterocycles. The van der Waals surface area contributed by atoms with Crippen molar-refractivity contribution in [3.8, 4) is 11.3 Å². The van der Waals surface area contributed by atoms with Gasteiger partial charge < -0.3 is 23.7 Å². The number of carbonyl (C=O) groups excluding carboxylic acids is 5. The Kier molecular flexibility index (Phi) is 12.2. The van der Waals surface area contributed by atoms with Gasteiger partial charge in [-0.25, -0.2) is 9.99 Å². The van der Waals surface area contributed by atoms with E-state index in [1.807, 2.05) is 35.7 Å². The fraction of sp³-hybridized carbons (Fsp3) is 0.423. The smallest absolute Gasteiger partial charge is 0.303 e. The van der Waals surface area contributed by atoms with Crippen LogP contribution in [0, 0.1) is 0 Å². The minimum atomic E-state index is -1.56. The van der Waals surface area contributed by atoms with Gasteiger partial charge in [0.1, 0.15) is 6.61 Å². The third-order valence-electron chi connectivity index (χ3n) is 4.91. The Hall–Kier alpha value is -4.33. The standard InChI is InChI=1S/C26H31N3O10S/c1-15(30)35-13-23(37-17(3)32)25(39-19(5)34)24(38-18(4)33)22(36-16(2)31)12-27-29(6)26-28-21(14-40-26)20-10-8-7-9-11-20/h7-12,14,22-25H,13H2,1-6H3/b27-12-/t22-,23+,24+,25-/m0/s1. The maximum atomic E-state index is 12.1. The van der Waals surface area contributed by atoms with Crippen LogP contribution in [0.4, 0.5) is 5.13 Å². The zero-order valence-corrected chi connectivity index (χ0v) is 23.7. The van der Waals surface area contributed by atoms with E-state index in [0.717, 1.165) is 52.1 Å². The lowest BCUT2D eigenvalue weighted by Crippen LogP contribution is -2.53. The van der Waals surface area contributed by atoms with Crippen LogP contribution in [-0.4, -0.2) is 79.1 Å². The lowest BCUT2D eigenvalue weighted by Gasteiger charge is -2.34. The number of thiazole rings is 1. The summed E-state index contributed by atoms with van der Waals surface area (Å²) in [6.07, 6.45) is -4.82. The molecule has 40 heavy (non-hydrogen) atoms. The number of benzene rings is 1. The molecule has 0 spiro atoms. The van der Waals surface area contributed by atoms with Gasteiger partial charge in [0.2, 0.25) is 5.13 Å². The summed E-state index contributed by atoms with van der Waals surface area (Å²) in [6.45, 7) is 4.94. The van der Waals surface area contributed by atoms with Crippen LogP contribution < -0.4 is 5.01 Å². The van der Waals surface area contributed by atoms with Gasteiger partial charge in [-0.15, -0.1) is 11.3 Å². The molecule has 4 atom stereocenters. The van der Waals surface area contributed by atoms with Gasteiger partial charge in [0.25, 0.3) is 0 Å². The molecule has 0 aliphatic heterocycles. The lowest BCUT2D eigenvalue weighted by atomic mass is 10.0. The number of ether oxygens (including phenoxy) is 5. The summed E-state index contributed by atoms with van der Waals surface area (Å²) >= 11 is 1.31. The summed E-state index contributed by atoms with van der Waals surface area (Å²) in [4.78, 5) is 63.9. The minimum absolute atomic E-state index is 0.491. The Morgan fingerprint density at radius 2 is 1.43 bits per heavy atom. The molecule has 1 aromatic carbocycles. The van der Waals surface area contributed by atoms with Crippen molar-refractivity contribution in [1.29, 1.82) is 0 Å². The normalized spacial score (nSPS) is 13.8. The average Bonchev–Trinajstić information content (AvgIpc) is 3.37. The minimum Gasteiger partial charge on any atom is -0.462 e. The topological polar surface area (TPSA) is 160 Å². The molecular formula is C26H31N3O10S. The SMILES string of the molecule is CC(=O)OC[C@@H](OC(C)=O)[C@H](OC(C)=O)[C@H](OC(C)=O)[C@H](/C=N\N(C)c1nc(-c2ccccc2)cs1)OC(C)=O. The molecule has 2 aromatic rings. The van der Waals surface area contributed by atoms with Crippen molar-refractivity contribution in [2.75, 3.05) is 18.7 Å². The van der Waals surface area contributed by atoms with Gasteiger partial charge in [0.15, 0.2) is 24.4 Å². The molecule has 0 saturated heterocycles. The van der Waals surface area contributed by atoms with Crippen LogP contribution in [0.3, 0.4) is 0 Å². The first-order valence-electron chi connectivity index (χ1n) is 12.0. The monoisotopic (exact) mass is 577 g/mol. The molecule has 0 N–H and O–H groups in total. The van der Waals surface area contributed by atoms with E-state index in [1.165, 1.54) is 16.3 Å². The van der Waals surface area contributed by atoms with Gasteiger partial charge in [-0.1, -0.05) is 30.3 Å². The van der Waals surface area contributed by atoms with Gasteiger partial charge in [-0.05, 0) is 0 Å². The number of rotatable bonds is 13. The Balaban J connectivity index is 2.46. The summed E-state index contributed by atoms with van der Waals surface area (Å²) < 4.78 is 26.3. The molecule has 0 amide bonds. The molecule has 13 nitrogen and oxygen atoms in total. The molecule has 2 rings (SSSR count). The van der Waals surface area contributed by atoms with Crippen LogP contribution in [0.25, 0.3) is 11.3 Å². The molecule has 0 aliphatic carbocycles. The van der Waals surface area contributed by atoms with Crippen LogP contribution >= 0.6 is 11.3 Å². The quantitative estimate of drug-likeness (QED) is 0.148. The Bertz CT molecular complexity index is 1220. The first-order valence-corrected chi connectivity index (χ1v) is 12.9. The van der Waals surface area contributed by atoms with Crippen molar-refractivity contribution < 1.29 is 47.7 Å². The summed E-state index contributed by atoms with van der Waals surface area (Å²) in [7, 11) is 1.60. The third kappa shape index (κ3) is 10.4. The summed E-state index contributed by atoms with van der Waals surface area (Å²) in [6, 6.07) is 9.49. The number of esters is 5. The summed E-state index contributed by atoms with van der Waals surface area (Å²) in [5.74, 6) is -3.95. The van der Waals surface area contributed by atoms with Crippen molar-refractivity contribution in [2.24, 2.45) is 5.10 Å². The Morgan fingerprint density at radius 1 is 0.850 bits per heavy atom. The largest absolute Gasteiger partial charge is 0.462 e. The zero-order valence-electron chi connectivity index (χ0n) is 22.9. The van der Waals surface area contributed by atoms with E-state index in [4.69, 9.17) is 23.7 Å². The van der Waals surface area contributed by atoms with Gasteiger partial charge >= 0.3 is 29.8 Å². The number of hydrogen-bond acceptors (Lipinski definition) is 14. The molecule has 0 unspecified atom stereocenters. The molecule has 14 heteroatoms. The maximum Gasteiger partial charge on any atom is 0.303 e. The number of aromatic nitrogens is 1. The van der Waals surface area contributed by atoms with Crippen molar-refractivity contribution in [1.82, 2.24) is 4.98 Å². The number of nitrogens with zero attached hydrogens (tertiary/aromatic N) is 3. The molecule has 0 fully saturated rings. The number of anilines is 1. The maximum absolute atomic E-state index is 12.1. The third-order valence-corrected chi connectivity index (χ3v) is 5.82. The van der Waals surface area contributed by atoms with Crippen molar-refractivity contribution in [2.45, 2.75) is 59.0 Å². The second-order valence-corrected chi connectivity index (χ2v) is 9.18. The molecule has 1 heterocycles. The van der Waals surface area contributed by atoms with Crippen LogP contribution in [0.1, 0.15) is 34.6 Å². The predicted octanol–water partition coefficient (Wildman–Crippen LogP) is 2.52. The first kappa shape index (κ1) is 31.9. The van der Waals surface area contributed by atoms with Gasteiger partial charge in [0.05, 0.1) is 11.9 Å². The van der Waals surface area contributed by atoms with E-state index in [9.17, 15) is 24.0 Å². The lowest BCUT2D eigenvalue weighted by molar-refractivity contribution is -0.197. The molecule has 0 aliphatic rings. The predicted molar refractivity (Wildman–Crippen MR) is 143 cm³/mol. The molecule has 0 radical (unpaired) electrons. The van der Waals surface area contributed by atoms with Crippen molar-refractivity contribution >= 4 is 52.5 Å². The summed E-state index contributed by atoms with van der Waals surface area (Å²) in [5.41, 5.74) is 1.63.